The van der Waals surface area contributed by atoms with Gasteiger partial charge in [-0.25, -0.2) is 8.42 Å². The molecule has 4 rings (SSSR count). The van der Waals surface area contributed by atoms with E-state index in [2.05, 4.69) is 24.5 Å². The topological polar surface area (TPSA) is 105 Å². The molecule has 8 nitrogen and oxygen atoms in total. The van der Waals surface area contributed by atoms with Crippen LogP contribution < -0.4 is 15.4 Å². The van der Waals surface area contributed by atoms with E-state index < -0.39 is 22.0 Å². The van der Waals surface area contributed by atoms with Crippen molar-refractivity contribution < 1.29 is 22.7 Å². The number of benzene rings is 2. The van der Waals surface area contributed by atoms with Gasteiger partial charge in [-0.3, -0.25) is 9.59 Å². The third-order valence-corrected chi connectivity index (χ3v) is 7.98. The number of nitrogens with zero attached hydrogens (tertiary/aromatic N) is 1. The molecule has 2 aromatic carbocycles. The van der Waals surface area contributed by atoms with Crippen LogP contribution in [0.3, 0.4) is 0 Å². The maximum absolute atomic E-state index is 13.3. The molecule has 0 spiro atoms. The van der Waals surface area contributed by atoms with Gasteiger partial charge in [0.15, 0.2) is 6.10 Å². The van der Waals surface area contributed by atoms with Crippen LogP contribution in [0.25, 0.3) is 0 Å². The Morgan fingerprint density at radius 2 is 1.91 bits per heavy atom. The van der Waals surface area contributed by atoms with Gasteiger partial charge in [-0.15, -0.1) is 0 Å². The molecule has 1 saturated heterocycles. The van der Waals surface area contributed by atoms with Gasteiger partial charge in [0.05, 0.1) is 16.5 Å². The number of nitrogens with one attached hydrogen (secondary N) is 2. The summed E-state index contributed by atoms with van der Waals surface area (Å²) in [6.45, 7) is 6.28. The van der Waals surface area contributed by atoms with E-state index in [1.165, 1.54) is 22.0 Å². The molecular weight excluding hydrogens is 442 g/mol. The number of amides is 2. The zero-order chi connectivity index (χ0) is 23.8. The third-order valence-electron chi connectivity index (χ3n) is 6.12. The molecule has 9 heteroatoms. The van der Waals surface area contributed by atoms with Crippen molar-refractivity contribution in [1.82, 2.24) is 4.31 Å². The Kier molecular flexibility index (Phi) is 6.45. The number of fused-ring (bicyclic) bond motifs is 1. The Balaban J connectivity index is 1.47. The minimum atomic E-state index is -3.83. The van der Waals surface area contributed by atoms with E-state index >= 15 is 0 Å². The van der Waals surface area contributed by atoms with E-state index in [1.54, 1.807) is 13.0 Å². The normalized spacial score (nSPS) is 21.2. The second-order valence-electron chi connectivity index (χ2n) is 8.88. The molecule has 0 aliphatic carbocycles. The molecule has 2 N–H and O–H groups in total. The monoisotopic (exact) mass is 471 g/mol. The largest absolute Gasteiger partial charge is 0.479 e. The Morgan fingerprint density at radius 1 is 1.18 bits per heavy atom. The van der Waals surface area contributed by atoms with Gasteiger partial charge < -0.3 is 15.4 Å². The SMILES string of the molecule is CC1Oc2ccc(S(=O)(=O)N3CCCC(C(=O)Nc4ccc(C(C)C)cc4)C3)cc2NC1=O. The van der Waals surface area contributed by atoms with Gasteiger partial charge in [-0.1, -0.05) is 26.0 Å². The molecule has 0 aromatic heterocycles. The molecule has 2 atom stereocenters. The van der Waals surface area contributed by atoms with Crippen molar-refractivity contribution in [3.63, 3.8) is 0 Å². The predicted molar refractivity (Wildman–Crippen MR) is 126 cm³/mol. The predicted octanol–water partition coefficient (Wildman–Crippen LogP) is 3.57. The van der Waals surface area contributed by atoms with E-state index in [9.17, 15) is 18.0 Å². The molecule has 2 heterocycles. The van der Waals surface area contributed by atoms with Crippen LogP contribution in [-0.4, -0.2) is 43.7 Å². The van der Waals surface area contributed by atoms with Crippen molar-refractivity contribution in [3.8, 4) is 5.75 Å². The number of hydrogen-bond donors (Lipinski definition) is 2. The fourth-order valence-electron chi connectivity index (χ4n) is 4.07. The van der Waals surface area contributed by atoms with Gasteiger partial charge in [-0.05, 0) is 61.6 Å². The van der Waals surface area contributed by atoms with Crippen LogP contribution in [0.4, 0.5) is 11.4 Å². The van der Waals surface area contributed by atoms with Crippen molar-refractivity contribution in [2.75, 3.05) is 23.7 Å². The Hall–Kier alpha value is -2.91. The molecule has 2 aliphatic heterocycles. The van der Waals surface area contributed by atoms with Crippen molar-refractivity contribution in [2.24, 2.45) is 5.92 Å². The minimum absolute atomic E-state index is 0.0602. The molecule has 0 bridgehead atoms. The number of piperidine rings is 1. The van der Waals surface area contributed by atoms with E-state index in [0.29, 0.717) is 42.4 Å². The van der Waals surface area contributed by atoms with Gasteiger partial charge >= 0.3 is 0 Å². The lowest BCUT2D eigenvalue weighted by atomic mass is 9.98. The summed E-state index contributed by atoms with van der Waals surface area (Å²) in [5.41, 5.74) is 2.21. The van der Waals surface area contributed by atoms with Crippen molar-refractivity contribution >= 4 is 33.2 Å². The molecule has 0 saturated carbocycles. The van der Waals surface area contributed by atoms with Crippen LogP contribution in [0.15, 0.2) is 47.4 Å². The summed E-state index contributed by atoms with van der Waals surface area (Å²) in [6.07, 6.45) is 0.572. The summed E-state index contributed by atoms with van der Waals surface area (Å²) in [6, 6.07) is 12.1. The average Bonchev–Trinajstić information content (AvgIpc) is 2.80. The lowest BCUT2D eigenvalue weighted by molar-refractivity contribution is -0.123. The number of hydrogen-bond acceptors (Lipinski definition) is 5. The van der Waals surface area contributed by atoms with E-state index in [-0.39, 0.29) is 23.3 Å². The van der Waals surface area contributed by atoms with Gasteiger partial charge in [0.25, 0.3) is 5.91 Å². The average molecular weight is 472 g/mol. The lowest BCUT2D eigenvalue weighted by Crippen LogP contribution is -2.43. The number of sulfonamides is 1. The van der Waals surface area contributed by atoms with Crippen LogP contribution in [-0.2, 0) is 19.6 Å². The first-order chi connectivity index (χ1) is 15.6. The maximum Gasteiger partial charge on any atom is 0.265 e. The fourth-order valence-corrected chi connectivity index (χ4v) is 5.62. The summed E-state index contributed by atoms with van der Waals surface area (Å²) in [4.78, 5) is 24.8. The standard InChI is InChI=1S/C24H29N3O5S/c1-15(2)17-6-8-19(9-7-17)25-24(29)18-5-4-12-27(14-18)33(30,31)20-10-11-22-21(13-20)26-23(28)16(3)32-22/h6-11,13,15-16,18H,4-5,12,14H2,1-3H3,(H,25,29)(H,26,28). The zero-order valence-electron chi connectivity index (χ0n) is 19.0. The summed E-state index contributed by atoms with van der Waals surface area (Å²) < 4.78 is 33.4. The molecule has 0 radical (unpaired) electrons. The lowest BCUT2D eigenvalue weighted by Gasteiger charge is -2.31. The van der Waals surface area contributed by atoms with Crippen LogP contribution in [0.5, 0.6) is 5.75 Å². The highest BCUT2D eigenvalue weighted by atomic mass is 32.2. The quantitative estimate of drug-likeness (QED) is 0.694. The van der Waals surface area contributed by atoms with Gasteiger partial charge in [0.2, 0.25) is 15.9 Å². The van der Waals surface area contributed by atoms with Crippen molar-refractivity contribution in [1.29, 1.82) is 0 Å². The van der Waals surface area contributed by atoms with E-state index in [4.69, 9.17) is 4.74 Å². The van der Waals surface area contributed by atoms with Crippen molar-refractivity contribution in [2.45, 2.75) is 50.5 Å². The van der Waals surface area contributed by atoms with Gasteiger partial charge in [0, 0.05) is 18.8 Å². The number of anilines is 2. The minimum Gasteiger partial charge on any atom is -0.479 e. The molecular formula is C24H29N3O5S. The van der Waals surface area contributed by atoms with Crippen LogP contribution in [0, 0.1) is 5.92 Å². The third kappa shape index (κ3) is 4.89. The number of rotatable bonds is 5. The van der Waals surface area contributed by atoms with E-state index in [1.807, 2.05) is 24.3 Å². The molecule has 2 amide bonds. The summed E-state index contributed by atoms with van der Waals surface area (Å²) >= 11 is 0. The summed E-state index contributed by atoms with van der Waals surface area (Å²) in [7, 11) is -3.83. The number of ether oxygens (including phenoxy) is 1. The smallest absolute Gasteiger partial charge is 0.265 e. The van der Waals surface area contributed by atoms with Crippen LogP contribution in [0.1, 0.15) is 45.1 Å². The molecule has 176 valence electrons. The van der Waals surface area contributed by atoms with E-state index in [0.717, 1.165) is 0 Å². The van der Waals surface area contributed by atoms with Gasteiger partial charge in [-0.2, -0.15) is 4.31 Å². The first kappa shape index (κ1) is 23.3. The zero-order valence-corrected chi connectivity index (χ0v) is 19.8. The molecule has 1 fully saturated rings. The Bertz CT molecular complexity index is 1160. The highest BCUT2D eigenvalue weighted by Gasteiger charge is 2.34. The fraction of sp³-hybridized carbons (Fsp3) is 0.417. The summed E-state index contributed by atoms with van der Waals surface area (Å²) in [5, 5.41) is 5.59. The van der Waals surface area contributed by atoms with Crippen molar-refractivity contribution in [3.05, 3.63) is 48.0 Å². The summed E-state index contributed by atoms with van der Waals surface area (Å²) in [5.74, 6) is -0.126. The second kappa shape index (κ2) is 9.15. The molecule has 2 aromatic rings. The highest BCUT2D eigenvalue weighted by Crippen LogP contribution is 2.33. The number of carbonyl (C=O) groups is 2. The van der Waals surface area contributed by atoms with Gasteiger partial charge in [0.1, 0.15) is 5.75 Å². The first-order valence-corrected chi connectivity index (χ1v) is 12.6. The second-order valence-corrected chi connectivity index (χ2v) is 10.8. The molecule has 2 aliphatic rings. The molecule has 33 heavy (non-hydrogen) atoms. The number of carbonyl (C=O) groups excluding carboxylic acids is 2. The maximum atomic E-state index is 13.3. The molecule has 2 unspecified atom stereocenters. The van der Waals surface area contributed by atoms with Crippen LogP contribution >= 0.6 is 0 Å². The van der Waals surface area contributed by atoms with Crippen LogP contribution in [0.2, 0.25) is 0 Å². The Labute approximate surface area is 194 Å². The Morgan fingerprint density at radius 3 is 2.61 bits per heavy atom. The highest BCUT2D eigenvalue weighted by molar-refractivity contribution is 7.89. The first-order valence-electron chi connectivity index (χ1n) is 11.2.